The van der Waals surface area contributed by atoms with Gasteiger partial charge in [0.15, 0.2) is 0 Å². The van der Waals surface area contributed by atoms with Crippen molar-refractivity contribution in [1.82, 2.24) is 4.98 Å². The lowest BCUT2D eigenvalue weighted by atomic mass is 9.95. The summed E-state index contributed by atoms with van der Waals surface area (Å²) < 4.78 is 0. The molecule has 5 heteroatoms. The van der Waals surface area contributed by atoms with Gasteiger partial charge in [0, 0.05) is 16.5 Å². The second kappa shape index (κ2) is 5.92. The highest BCUT2D eigenvalue weighted by Crippen LogP contribution is 2.30. The van der Waals surface area contributed by atoms with Gasteiger partial charge >= 0.3 is 0 Å². The first-order chi connectivity index (χ1) is 8.99. The molecule has 0 saturated heterocycles. The molecule has 0 amide bonds. The van der Waals surface area contributed by atoms with E-state index in [9.17, 15) is 5.11 Å². The summed E-state index contributed by atoms with van der Waals surface area (Å²) in [7, 11) is 0. The lowest BCUT2D eigenvalue weighted by Gasteiger charge is -2.20. The Morgan fingerprint density at radius 1 is 1.42 bits per heavy atom. The summed E-state index contributed by atoms with van der Waals surface area (Å²) in [6.45, 7) is 3.73. The van der Waals surface area contributed by atoms with Gasteiger partial charge in [-0.2, -0.15) is 0 Å². The molecule has 1 heterocycles. The molecule has 0 aliphatic heterocycles. The normalized spacial score (nSPS) is 17.6. The number of rotatable bonds is 4. The van der Waals surface area contributed by atoms with Gasteiger partial charge in [0.1, 0.15) is 10.9 Å². The number of aliphatic hydroxyl groups excluding tert-OH is 1. The number of amidine groups is 1. The van der Waals surface area contributed by atoms with Crippen LogP contribution in [0.5, 0.6) is 0 Å². The summed E-state index contributed by atoms with van der Waals surface area (Å²) in [5, 5.41) is 18.1. The van der Waals surface area contributed by atoms with Crippen molar-refractivity contribution >= 4 is 17.6 Å². The second-order valence-electron chi connectivity index (χ2n) is 5.13. The van der Waals surface area contributed by atoms with Crippen molar-refractivity contribution in [1.29, 1.82) is 5.41 Å². The summed E-state index contributed by atoms with van der Waals surface area (Å²) in [4.78, 5) is 4.69. The van der Waals surface area contributed by atoms with Gasteiger partial charge in [-0.1, -0.05) is 18.7 Å². The number of nitrogens with two attached hydrogens (primary N) is 1. The quantitative estimate of drug-likeness (QED) is 0.448. The van der Waals surface area contributed by atoms with Crippen LogP contribution >= 0.6 is 11.8 Å². The minimum absolute atomic E-state index is 0.0345. The molecule has 2 unspecified atom stereocenters. The van der Waals surface area contributed by atoms with Crippen molar-refractivity contribution in [3.05, 3.63) is 22.9 Å². The molecule has 4 N–H and O–H groups in total. The van der Waals surface area contributed by atoms with Crippen molar-refractivity contribution in [2.75, 3.05) is 0 Å². The number of nitrogen functional groups attached to an aromatic ring is 1. The van der Waals surface area contributed by atoms with Gasteiger partial charge < -0.3 is 10.8 Å². The van der Waals surface area contributed by atoms with Crippen LogP contribution in [0.25, 0.3) is 0 Å². The Labute approximate surface area is 118 Å². The van der Waals surface area contributed by atoms with Crippen molar-refractivity contribution in [3.63, 3.8) is 0 Å². The fourth-order valence-electron chi connectivity index (χ4n) is 2.17. The van der Waals surface area contributed by atoms with Gasteiger partial charge in [0.25, 0.3) is 0 Å². The molecule has 1 aromatic rings. The number of pyridine rings is 1. The minimum Gasteiger partial charge on any atom is -0.392 e. The Morgan fingerprint density at radius 3 is 2.74 bits per heavy atom. The van der Waals surface area contributed by atoms with Gasteiger partial charge in [-0.3, -0.25) is 5.41 Å². The van der Waals surface area contributed by atoms with E-state index >= 15 is 0 Å². The molecule has 104 valence electrons. The summed E-state index contributed by atoms with van der Waals surface area (Å²) in [5.41, 5.74) is 8.74. The molecule has 1 aliphatic carbocycles. The van der Waals surface area contributed by atoms with Crippen molar-refractivity contribution in [2.45, 2.75) is 55.9 Å². The van der Waals surface area contributed by atoms with E-state index in [1.165, 1.54) is 30.2 Å². The first kappa shape index (κ1) is 14.3. The highest BCUT2D eigenvalue weighted by atomic mass is 32.2. The molecule has 4 nitrogen and oxygen atoms in total. The summed E-state index contributed by atoms with van der Waals surface area (Å²) in [6.07, 6.45) is 3.98. The highest BCUT2D eigenvalue weighted by Gasteiger charge is 2.20. The van der Waals surface area contributed by atoms with E-state index in [0.29, 0.717) is 5.56 Å². The largest absolute Gasteiger partial charge is 0.392 e. The standard InChI is InChI=1S/C14H21N3OS/c1-8(18)9(2)19-14-11(13(15)16)7-10-5-3-4-6-12(10)17-14/h7-9,18H,3-6H2,1-2H3,(H3,15,16). The third kappa shape index (κ3) is 3.28. The third-order valence-corrected chi connectivity index (χ3v) is 4.83. The maximum absolute atomic E-state index is 9.62. The van der Waals surface area contributed by atoms with Crippen LogP contribution in [-0.2, 0) is 12.8 Å². The summed E-state index contributed by atoms with van der Waals surface area (Å²) in [6, 6.07) is 2.01. The zero-order valence-electron chi connectivity index (χ0n) is 11.4. The Hall–Kier alpha value is -1.07. The Balaban J connectivity index is 2.37. The Kier molecular flexibility index (Phi) is 4.47. The van der Waals surface area contributed by atoms with Crippen LogP contribution in [0.2, 0.25) is 0 Å². The lowest BCUT2D eigenvalue weighted by molar-refractivity contribution is 0.196. The first-order valence-corrected chi connectivity index (χ1v) is 7.59. The summed E-state index contributed by atoms with van der Waals surface area (Å²) in [5.74, 6) is 0.0566. The number of aryl methyl sites for hydroxylation is 2. The van der Waals surface area contributed by atoms with Crippen molar-refractivity contribution in [2.24, 2.45) is 5.73 Å². The van der Waals surface area contributed by atoms with Crippen LogP contribution in [0, 0.1) is 5.41 Å². The van der Waals surface area contributed by atoms with E-state index in [0.717, 1.165) is 23.6 Å². The minimum atomic E-state index is -0.414. The maximum Gasteiger partial charge on any atom is 0.125 e. The molecule has 0 spiro atoms. The van der Waals surface area contributed by atoms with Crippen LogP contribution in [0.4, 0.5) is 0 Å². The molecule has 0 radical (unpaired) electrons. The number of hydrogen-bond donors (Lipinski definition) is 3. The number of aromatic nitrogens is 1. The van der Waals surface area contributed by atoms with E-state index in [1.54, 1.807) is 6.92 Å². The average Bonchev–Trinajstić information content (AvgIpc) is 2.37. The monoisotopic (exact) mass is 279 g/mol. The maximum atomic E-state index is 9.62. The predicted octanol–water partition coefficient (Wildman–Crippen LogP) is 2.11. The second-order valence-corrected chi connectivity index (χ2v) is 6.50. The van der Waals surface area contributed by atoms with Crippen LogP contribution < -0.4 is 5.73 Å². The number of fused-ring (bicyclic) bond motifs is 1. The van der Waals surface area contributed by atoms with E-state index in [1.807, 2.05) is 13.0 Å². The van der Waals surface area contributed by atoms with Crippen LogP contribution in [0.15, 0.2) is 11.1 Å². The molecular weight excluding hydrogens is 258 g/mol. The van der Waals surface area contributed by atoms with Gasteiger partial charge in [-0.15, -0.1) is 0 Å². The SMILES string of the molecule is CC(O)C(C)Sc1nc2c(cc1C(=N)N)CCCC2. The van der Waals surface area contributed by atoms with Crippen LogP contribution in [0.3, 0.4) is 0 Å². The molecule has 2 rings (SSSR count). The number of nitrogens with one attached hydrogen (secondary N) is 1. The zero-order chi connectivity index (χ0) is 14.0. The van der Waals surface area contributed by atoms with Gasteiger partial charge in [-0.25, -0.2) is 4.98 Å². The first-order valence-electron chi connectivity index (χ1n) is 6.71. The number of nitrogens with zero attached hydrogens (tertiary/aromatic N) is 1. The van der Waals surface area contributed by atoms with Crippen LogP contribution in [-0.4, -0.2) is 27.3 Å². The average molecular weight is 279 g/mol. The van der Waals surface area contributed by atoms with Crippen molar-refractivity contribution < 1.29 is 5.11 Å². The molecule has 19 heavy (non-hydrogen) atoms. The number of hydrogen-bond acceptors (Lipinski definition) is 4. The molecular formula is C14H21N3OS. The molecule has 0 saturated carbocycles. The number of thioether (sulfide) groups is 1. The predicted molar refractivity (Wildman–Crippen MR) is 78.9 cm³/mol. The molecule has 0 bridgehead atoms. The van der Waals surface area contributed by atoms with Crippen molar-refractivity contribution in [3.8, 4) is 0 Å². The third-order valence-electron chi connectivity index (χ3n) is 3.53. The van der Waals surface area contributed by atoms with E-state index < -0.39 is 6.10 Å². The lowest BCUT2D eigenvalue weighted by Crippen LogP contribution is -2.20. The fourth-order valence-corrected chi connectivity index (χ4v) is 3.18. The van der Waals surface area contributed by atoms with Gasteiger partial charge in [-0.05, 0) is 44.2 Å². The van der Waals surface area contributed by atoms with E-state index in [-0.39, 0.29) is 11.1 Å². The Bertz CT molecular complexity index is 488. The topological polar surface area (TPSA) is 83.0 Å². The molecule has 0 fully saturated rings. The van der Waals surface area contributed by atoms with Gasteiger partial charge in [0.2, 0.25) is 0 Å². The van der Waals surface area contributed by atoms with E-state index in [4.69, 9.17) is 11.1 Å². The van der Waals surface area contributed by atoms with E-state index in [2.05, 4.69) is 4.98 Å². The highest BCUT2D eigenvalue weighted by molar-refractivity contribution is 8.00. The molecule has 2 atom stereocenters. The summed E-state index contributed by atoms with van der Waals surface area (Å²) >= 11 is 1.50. The van der Waals surface area contributed by atoms with Gasteiger partial charge in [0.05, 0.1) is 6.10 Å². The van der Waals surface area contributed by atoms with Crippen LogP contribution in [0.1, 0.15) is 43.5 Å². The molecule has 1 aromatic heterocycles. The smallest absolute Gasteiger partial charge is 0.125 e. The fraction of sp³-hybridized carbons (Fsp3) is 0.571. The number of aliphatic hydroxyl groups is 1. The zero-order valence-corrected chi connectivity index (χ0v) is 12.3. The Morgan fingerprint density at radius 2 is 2.11 bits per heavy atom. The molecule has 0 aromatic carbocycles. The molecule has 1 aliphatic rings.